The van der Waals surface area contributed by atoms with Crippen molar-refractivity contribution in [3.8, 4) is 11.5 Å². The maximum absolute atomic E-state index is 13.1. The molecular weight excluding hydrogens is 548 g/mol. The molecule has 2 amide bonds. The number of benzene rings is 4. The summed E-state index contributed by atoms with van der Waals surface area (Å²) in [6, 6.07) is 18.4. The Morgan fingerprint density at radius 2 is 1.00 bits per heavy atom. The van der Waals surface area contributed by atoms with Crippen LogP contribution in [0.2, 0.25) is 0 Å². The van der Waals surface area contributed by atoms with Gasteiger partial charge in [0.05, 0.1) is 50.8 Å². The van der Waals surface area contributed by atoms with Crippen molar-refractivity contribution >= 4 is 33.4 Å². The number of ether oxygens (including phenoxy) is 3. The third-order valence-electron chi connectivity index (χ3n) is 7.40. The highest BCUT2D eigenvalue weighted by Gasteiger charge is 2.21. The summed E-state index contributed by atoms with van der Waals surface area (Å²) in [5.74, 6) is -1.07. The van der Waals surface area contributed by atoms with Crippen molar-refractivity contribution in [3.63, 3.8) is 0 Å². The molecule has 4 bridgehead atoms. The quantitative estimate of drug-likeness (QED) is 0.228. The van der Waals surface area contributed by atoms with Crippen molar-refractivity contribution in [2.45, 2.75) is 12.8 Å². The van der Waals surface area contributed by atoms with Crippen LogP contribution in [-0.2, 0) is 27.1 Å². The van der Waals surface area contributed by atoms with Gasteiger partial charge in [-0.1, -0.05) is 60.7 Å². The van der Waals surface area contributed by atoms with Gasteiger partial charge in [-0.2, -0.15) is 0 Å². The Bertz CT molecular complexity index is 1530. The fourth-order valence-corrected chi connectivity index (χ4v) is 5.30. The van der Waals surface area contributed by atoms with Crippen molar-refractivity contribution in [1.82, 2.24) is 10.6 Å². The second kappa shape index (κ2) is 14.2. The second-order valence-corrected chi connectivity index (χ2v) is 10.4. The number of carbonyl (C=O) groups excluding carboxylic acids is 2. The number of phenolic OH excluding ortho intramolecular Hbond substituents is 2. The third-order valence-corrected chi connectivity index (χ3v) is 7.40. The first-order valence-electron chi connectivity index (χ1n) is 14.4. The van der Waals surface area contributed by atoms with Crippen LogP contribution in [-0.4, -0.2) is 74.8 Å². The molecule has 0 saturated carbocycles. The summed E-state index contributed by atoms with van der Waals surface area (Å²) < 4.78 is 16.6. The normalized spacial score (nSPS) is 16.8. The fourth-order valence-electron chi connectivity index (χ4n) is 5.30. The minimum atomic E-state index is -0.413. The molecule has 4 N–H and O–H groups in total. The second-order valence-electron chi connectivity index (χ2n) is 10.4. The van der Waals surface area contributed by atoms with E-state index in [1.54, 1.807) is 12.1 Å². The van der Waals surface area contributed by atoms with Crippen LogP contribution >= 0.6 is 0 Å². The molecule has 0 saturated heterocycles. The maximum atomic E-state index is 13.1. The van der Waals surface area contributed by atoms with Gasteiger partial charge in [0.2, 0.25) is 0 Å². The van der Waals surface area contributed by atoms with Gasteiger partial charge in [-0.3, -0.25) is 9.59 Å². The Hall–Kier alpha value is -4.44. The van der Waals surface area contributed by atoms with Crippen molar-refractivity contribution in [2.24, 2.45) is 0 Å². The Morgan fingerprint density at radius 3 is 1.44 bits per heavy atom. The van der Waals surface area contributed by atoms with Gasteiger partial charge >= 0.3 is 0 Å². The van der Waals surface area contributed by atoms with Crippen LogP contribution in [0.5, 0.6) is 11.5 Å². The molecule has 1 aliphatic heterocycles. The van der Waals surface area contributed by atoms with Gasteiger partial charge in [-0.25, -0.2) is 0 Å². The molecule has 5 rings (SSSR count). The van der Waals surface area contributed by atoms with Crippen LogP contribution in [0.4, 0.5) is 0 Å². The topological polar surface area (TPSA) is 126 Å². The van der Waals surface area contributed by atoms with E-state index in [1.165, 1.54) is 0 Å². The summed E-state index contributed by atoms with van der Waals surface area (Å²) in [6.07, 6.45) is 0.496. The SMILES string of the molecule is C=C1Cc2c(O)c(cc3ccccc23)C(=O)NCCOCCOCCOCCNC(=O)c2cc3ccccc3c(c2O)C1. The van der Waals surface area contributed by atoms with E-state index in [0.717, 1.165) is 21.5 Å². The minimum Gasteiger partial charge on any atom is -0.507 e. The third kappa shape index (κ3) is 7.14. The standard InChI is InChI=1S/C34H36N2O7/c1-22-18-27-25-8-4-2-6-23(25)20-29(31(27)37)33(39)35-10-12-41-14-16-43-17-15-42-13-11-36-34(40)30-21-24-7-3-5-9-26(24)28(19-22)32(30)38/h2-9,20-21,37-38H,1,10-19H2,(H,35,39)(H,36,40). The van der Waals surface area contributed by atoms with Crippen LogP contribution in [0.15, 0.2) is 72.8 Å². The molecule has 9 heteroatoms. The molecule has 224 valence electrons. The van der Waals surface area contributed by atoms with E-state index in [2.05, 4.69) is 17.2 Å². The van der Waals surface area contributed by atoms with E-state index in [9.17, 15) is 19.8 Å². The predicted molar refractivity (Wildman–Crippen MR) is 165 cm³/mol. The monoisotopic (exact) mass is 584 g/mol. The fraction of sp³-hybridized carbons (Fsp3) is 0.294. The molecule has 0 atom stereocenters. The van der Waals surface area contributed by atoms with E-state index in [0.29, 0.717) is 56.3 Å². The Kier molecular flexibility index (Phi) is 9.88. The molecule has 0 spiro atoms. The van der Waals surface area contributed by atoms with Crippen molar-refractivity contribution in [3.05, 3.63) is 95.1 Å². The van der Waals surface area contributed by atoms with Gasteiger partial charge in [0.1, 0.15) is 11.5 Å². The molecule has 1 heterocycles. The zero-order valence-corrected chi connectivity index (χ0v) is 24.0. The number of allylic oxidation sites excluding steroid dienone is 1. The molecular formula is C34H36N2O7. The van der Waals surface area contributed by atoms with Gasteiger partial charge in [-0.05, 0) is 46.5 Å². The van der Waals surface area contributed by atoms with Crippen LogP contribution in [0, 0.1) is 0 Å². The van der Waals surface area contributed by atoms with Gasteiger partial charge in [0.25, 0.3) is 11.8 Å². The summed E-state index contributed by atoms with van der Waals surface area (Å²) in [5, 5.41) is 31.5. The van der Waals surface area contributed by atoms with Crippen LogP contribution in [0.3, 0.4) is 0 Å². The van der Waals surface area contributed by atoms with E-state index in [4.69, 9.17) is 14.2 Å². The summed E-state index contributed by atoms with van der Waals surface area (Å²) >= 11 is 0. The number of amides is 2. The zero-order chi connectivity index (χ0) is 30.2. The number of fused-ring (bicyclic) bond motifs is 8. The predicted octanol–water partition coefficient (Wildman–Crippen LogP) is 4.27. The number of hydrogen-bond acceptors (Lipinski definition) is 7. The molecule has 0 radical (unpaired) electrons. The van der Waals surface area contributed by atoms with E-state index < -0.39 is 11.8 Å². The molecule has 0 unspecified atom stereocenters. The summed E-state index contributed by atoms with van der Waals surface area (Å²) in [7, 11) is 0. The molecule has 0 fully saturated rings. The number of phenols is 2. The molecule has 9 nitrogen and oxygen atoms in total. The summed E-state index contributed by atoms with van der Waals surface area (Å²) in [4.78, 5) is 26.2. The number of carbonyl (C=O) groups is 2. The molecule has 4 aromatic rings. The van der Waals surface area contributed by atoms with Crippen LogP contribution in [0.1, 0.15) is 31.8 Å². The highest BCUT2D eigenvalue weighted by molar-refractivity contribution is 6.04. The van der Waals surface area contributed by atoms with Crippen molar-refractivity contribution in [2.75, 3.05) is 52.7 Å². The van der Waals surface area contributed by atoms with Gasteiger partial charge in [0, 0.05) is 24.2 Å². The largest absolute Gasteiger partial charge is 0.507 e. The average Bonchev–Trinajstić information content (AvgIpc) is 3.01. The Morgan fingerprint density at radius 1 is 0.605 bits per heavy atom. The Labute approximate surface area is 250 Å². The van der Waals surface area contributed by atoms with Crippen molar-refractivity contribution in [1.29, 1.82) is 0 Å². The molecule has 1 aliphatic rings. The smallest absolute Gasteiger partial charge is 0.255 e. The molecule has 4 aromatic carbocycles. The zero-order valence-electron chi connectivity index (χ0n) is 24.0. The van der Waals surface area contributed by atoms with Gasteiger partial charge in [0.15, 0.2) is 0 Å². The first-order chi connectivity index (χ1) is 20.9. The van der Waals surface area contributed by atoms with Gasteiger partial charge < -0.3 is 35.1 Å². The summed E-state index contributed by atoms with van der Waals surface area (Å²) in [6.45, 7) is 6.86. The van der Waals surface area contributed by atoms with E-state index in [1.807, 2.05) is 48.5 Å². The number of aromatic hydroxyl groups is 2. The number of rotatable bonds is 0. The highest BCUT2D eigenvalue weighted by atomic mass is 16.5. The van der Waals surface area contributed by atoms with Crippen LogP contribution in [0.25, 0.3) is 21.5 Å². The summed E-state index contributed by atoms with van der Waals surface area (Å²) in [5.41, 5.74) is 2.13. The lowest BCUT2D eigenvalue weighted by Gasteiger charge is -2.17. The Balaban J connectivity index is 1.50. The van der Waals surface area contributed by atoms with E-state index in [-0.39, 0.29) is 48.6 Å². The lowest BCUT2D eigenvalue weighted by Crippen LogP contribution is -2.28. The van der Waals surface area contributed by atoms with Crippen molar-refractivity contribution < 1.29 is 34.0 Å². The number of hydrogen-bond donors (Lipinski definition) is 4. The first-order valence-corrected chi connectivity index (χ1v) is 14.4. The minimum absolute atomic E-state index is 0.120. The lowest BCUT2D eigenvalue weighted by atomic mass is 9.90. The molecule has 0 aromatic heterocycles. The van der Waals surface area contributed by atoms with Gasteiger partial charge in [-0.15, -0.1) is 0 Å². The van der Waals surface area contributed by atoms with Crippen LogP contribution < -0.4 is 10.6 Å². The first kappa shape index (κ1) is 30.0. The molecule has 0 aliphatic carbocycles. The van der Waals surface area contributed by atoms with E-state index >= 15 is 0 Å². The molecule has 43 heavy (non-hydrogen) atoms. The highest BCUT2D eigenvalue weighted by Crippen LogP contribution is 2.36. The number of nitrogens with one attached hydrogen (secondary N) is 2. The lowest BCUT2D eigenvalue weighted by molar-refractivity contribution is 0.0157. The average molecular weight is 585 g/mol. The maximum Gasteiger partial charge on any atom is 0.255 e.